The fourth-order valence-corrected chi connectivity index (χ4v) is 7.89. The highest BCUT2D eigenvalue weighted by molar-refractivity contribution is 7.99. The van der Waals surface area contributed by atoms with Gasteiger partial charge in [-0.3, -0.25) is 9.36 Å². The van der Waals surface area contributed by atoms with E-state index in [0.717, 1.165) is 22.6 Å². The zero-order chi connectivity index (χ0) is 31.0. The number of carbonyl (C=O) groups is 1. The molecule has 0 saturated heterocycles. The van der Waals surface area contributed by atoms with Crippen LogP contribution in [0.2, 0.25) is 0 Å². The molecule has 6 rings (SSSR count). The van der Waals surface area contributed by atoms with Gasteiger partial charge in [0.05, 0.1) is 48.0 Å². The van der Waals surface area contributed by atoms with Crippen LogP contribution in [0.5, 0.6) is 11.5 Å². The molecule has 0 amide bonds. The van der Waals surface area contributed by atoms with Crippen molar-refractivity contribution in [3.63, 3.8) is 0 Å². The van der Waals surface area contributed by atoms with Crippen LogP contribution in [0.25, 0.3) is 6.08 Å². The minimum Gasteiger partial charge on any atom is -0.497 e. The van der Waals surface area contributed by atoms with E-state index in [9.17, 15) is 9.59 Å². The van der Waals surface area contributed by atoms with E-state index in [2.05, 4.69) is 36.2 Å². The SMILES string of the molecule is CCCC1=C(C(=O)OCC)[C@H](c2cc(OC)ccc2OC)n2c(s/c(=C\c3ccc4c(c3)Sc3ccccc3N4C)c2=O)=N1. The van der Waals surface area contributed by atoms with Crippen molar-refractivity contribution in [3.05, 3.63) is 103 Å². The van der Waals surface area contributed by atoms with E-state index >= 15 is 0 Å². The molecule has 3 heterocycles. The number of anilines is 2. The number of nitrogens with zero attached hydrogens (tertiary/aromatic N) is 3. The molecule has 0 unspecified atom stereocenters. The number of methoxy groups -OCH3 is 2. The Balaban J connectivity index is 1.54. The molecule has 226 valence electrons. The molecule has 0 radical (unpaired) electrons. The number of thiazole rings is 1. The van der Waals surface area contributed by atoms with E-state index in [4.69, 9.17) is 19.2 Å². The predicted octanol–water partition coefficient (Wildman–Crippen LogP) is 5.83. The summed E-state index contributed by atoms with van der Waals surface area (Å²) in [7, 11) is 5.21. The van der Waals surface area contributed by atoms with Gasteiger partial charge < -0.3 is 19.1 Å². The average Bonchev–Trinajstić information content (AvgIpc) is 3.34. The Morgan fingerprint density at radius 2 is 1.80 bits per heavy atom. The van der Waals surface area contributed by atoms with E-state index < -0.39 is 12.0 Å². The van der Waals surface area contributed by atoms with E-state index in [0.29, 0.717) is 44.1 Å². The van der Waals surface area contributed by atoms with Gasteiger partial charge in [0.25, 0.3) is 5.56 Å². The Morgan fingerprint density at radius 3 is 2.55 bits per heavy atom. The van der Waals surface area contributed by atoms with E-state index in [1.165, 1.54) is 21.9 Å². The second-order valence-electron chi connectivity index (χ2n) is 10.4. The molecule has 4 aromatic rings. The second-order valence-corrected chi connectivity index (χ2v) is 12.5. The first kappa shape index (κ1) is 29.8. The number of ether oxygens (including phenoxy) is 3. The third kappa shape index (κ3) is 5.22. The van der Waals surface area contributed by atoms with E-state index in [1.807, 2.05) is 37.3 Å². The normalized spacial score (nSPS) is 15.7. The van der Waals surface area contributed by atoms with Crippen LogP contribution in [-0.2, 0) is 9.53 Å². The van der Waals surface area contributed by atoms with Gasteiger partial charge in [0.15, 0.2) is 4.80 Å². The van der Waals surface area contributed by atoms with Crippen LogP contribution in [0.3, 0.4) is 0 Å². The summed E-state index contributed by atoms with van der Waals surface area (Å²) in [5.41, 5.74) is 4.52. The number of benzene rings is 3. The quantitative estimate of drug-likeness (QED) is 0.228. The van der Waals surface area contributed by atoms with Crippen molar-refractivity contribution in [1.82, 2.24) is 4.57 Å². The summed E-state index contributed by atoms with van der Waals surface area (Å²) in [6.07, 6.45) is 3.22. The first-order chi connectivity index (χ1) is 21.4. The Bertz CT molecular complexity index is 1980. The van der Waals surface area contributed by atoms with Gasteiger partial charge in [0.1, 0.15) is 17.5 Å². The lowest BCUT2D eigenvalue weighted by Crippen LogP contribution is -2.40. The number of aromatic nitrogens is 1. The molecule has 0 aliphatic carbocycles. The molecular formula is C34H33N3O5S2. The molecule has 0 N–H and O–H groups in total. The van der Waals surface area contributed by atoms with Gasteiger partial charge in [-0.05, 0) is 67.4 Å². The fraction of sp³-hybridized carbons (Fsp3) is 0.265. The lowest BCUT2D eigenvalue weighted by atomic mass is 9.93. The summed E-state index contributed by atoms with van der Waals surface area (Å²) in [6, 6.07) is 19.1. The van der Waals surface area contributed by atoms with Crippen molar-refractivity contribution in [2.45, 2.75) is 42.5 Å². The summed E-state index contributed by atoms with van der Waals surface area (Å²) in [5, 5.41) is 0. The van der Waals surface area contributed by atoms with Crippen molar-refractivity contribution in [2.24, 2.45) is 4.99 Å². The first-order valence-electron chi connectivity index (χ1n) is 14.5. The number of fused-ring (bicyclic) bond motifs is 3. The molecule has 0 saturated carbocycles. The van der Waals surface area contributed by atoms with Crippen LogP contribution in [0.15, 0.2) is 91.5 Å². The van der Waals surface area contributed by atoms with Gasteiger partial charge in [0, 0.05) is 22.4 Å². The smallest absolute Gasteiger partial charge is 0.338 e. The van der Waals surface area contributed by atoms with Gasteiger partial charge in [-0.25, -0.2) is 9.79 Å². The lowest BCUT2D eigenvalue weighted by molar-refractivity contribution is -0.139. The zero-order valence-electron chi connectivity index (χ0n) is 25.2. The van der Waals surface area contributed by atoms with Crippen LogP contribution < -0.4 is 29.3 Å². The zero-order valence-corrected chi connectivity index (χ0v) is 26.9. The van der Waals surface area contributed by atoms with Gasteiger partial charge in [0.2, 0.25) is 0 Å². The van der Waals surface area contributed by atoms with E-state index in [1.54, 1.807) is 49.6 Å². The molecule has 0 bridgehead atoms. The number of hydrogen-bond acceptors (Lipinski definition) is 9. The van der Waals surface area contributed by atoms with Crippen LogP contribution in [0, 0.1) is 0 Å². The molecule has 0 fully saturated rings. The molecule has 2 aliphatic heterocycles. The number of esters is 1. The molecule has 8 nitrogen and oxygen atoms in total. The highest BCUT2D eigenvalue weighted by Crippen LogP contribution is 2.47. The largest absolute Gasteiger partial charge is 0.497 e. The number of para-hydroxylation sites is 1. The summed E-state index contributed by atoms with van der Waals surface area (Å²) in [5.74, 6) is 0.610. The highest BCUT2D eigenvalue weighted by Gasteiger charge is 2.36. The Hall–Kier alpha value is -4.28. The fourth-order valence-electron chi connectivity index (χ4n) is 5.67. The topological polar surface area (TPSA) is 82.4 Å². The molecule has 0 spiro atoms. The van der Waals surface area contributed by atoms with Crippen molar-refractivity contribution in [3.8, 4) is 11.5 Å². The van der Waals surface area contributed by atoms with Crippen LogP contribution in [-0.4, -0.2) is 38.4 Å². The molecule has 44 heavy (non-hydrogen) atoms. The molecule has 1 atom stereocenters. The molecule has 3 aromatic carbocycles. The summed E-state index contributed by atoms with van der Waals surface area (Å²) in [6.45, 7) is 4.00. The van der Waals surface area contributed by atoms with Crippen molar-refractivity contribution in [1.29, 1.82) is 0 Å². The second kappa shape index (κ2) is 12.4. The van der Waals surface area contributed by atoms with Gasteiger partial charge in [-0.1, -0.05) is 54.6 Å². The number of hydrogen-bond donors (Lipinski definition) is 0. The standard InChI is InChI=1S/C34H33N3O5S2/c1-6-10-23-30(33(39)42-7-2)31(22-19-21(40-4)14-16-26(22)41-5)37-32(38)29(44-34(37)35-23)18-20-13-15-25-28(17-20)43-27-12-9-8-11-24(27)36(25)3/h8-9,11-19,31H,6-7,10H2,1-5H3/b29-18-/t31-/m0/s1. The molecule has 10 heteroatoms. The number of allylic oxidation sites excluding steroid dienone is 1. The summed E-state index contributed by atoms with van der Waals surface area (Å²) < 4.78 is 18.9. The third-order valence-corrected chi connectivity index (χ3v) is 9.81. The number of carbonyl (C=O) groups excluding carboxylic acids is 1. The van der Waals surface area contributed by atoms with Gasteiger partial charge >= 0.3 is 5.97 Å². The highest BCUT2D eigenvalue weighted by atomic mass is 32.2. The maximum atomic E-state index is 14.3. The lowest BCUT2D eigenvalue weighted by Gasteiger charge is -2.29. The van der Waals surface area contributed by atoms with Crippen LogP contribution in [0.1, 0.15) is 43.9 Å². The van der Waals surface area contributed by atoms with Crippen LogP contribution >= 0.6 is 23.1 Å². The van der Waals surface area contributed by atoms with Gasteiger partial charge in [-0.2, -0.15) is 0 Å². The maximum absolute atomic E-state index is 14.3. The van der Waals surface area contributed by atoms with Crippen molar-refractivity contribution >= 4 is 46.5 Å². The molecule has 1 aromatic heterocycles. The van der Waals surface area contributed by atoms with Crippen molar-refractivity contribution in [2.75, 3.05) is 32.8 Å². The third-order valence-electron chi connectivity index (χ3n) is 7.71. The molecule has 2 aliphatic rings. The van der Waals surface area contributed by atoms with Crippen LogP contribution in [0.4, 0.5) is 11.4 Å². The Morgan fingerprint density at radius 1 is 1.00 bits per heavy atom. The Kier molecular flexibility index (Phi) is 8.38. The van der Waals surface area contributed by atoms with Gasteiger partial charge in [-0.15, -0.1) is 0 Å². The summed E-state index contributed by atoms with van der Waals surface area (Å²) in [4.78, 5) is 37.7. The monoisotopic (exact) mass is 627 g/mol. The minimum atomic E-state index is -0.803. The maximum Gasteiger partial charge on any atom is 0.338 e. The minimum absolute atomic E-state index is 0.199. The van der Waals surface area contributed by atoms with E-state index in [-0.39, 0.29) is 12.2 Å². The number of rotatable bonds is 8. The predicted molar refractivity (Wildman–Crippen MR) is 174 cm³/mol. The Labute approximate surface area is 263 Å². The first-order valence-corrected chi connectivity index (χ1v) is 16.1. The molecular weight excluding hydrogens is 595 g/mol. The average molecular weight is 628 g/mol. The van der Waals surface area contributed by atoms with Crippen molar-refractivity contribution < 1.29 is 19.0 Å². The summed E-state index contributed by atoms with van der Waals surface area (Å²) >= 11 is 3.03.